The Morgan fingerprint density at radius 3 is 0.889 bits per heavy atom. The maximum Gasteiger partial charge on any atom is -0.0349 e. The van der Waals surface area contributed by atoms with Gasteiger partial charge >= 0.3 is 0 Å². The van der Waals surface area contributed by atoms with Crippen LogP contribution in [0, 0.1) is 35.5 Å². The lowest BCUT2D eigenvalue weighted by Crippen LogP contribution is -2.00. The second-order valence-corrected chi connectivity index (χ2v) is 4.69. The Morgan fingerprint density at radius 1 is 0.444 bits per heavy atom. The Morgan fingerprint density at radius 2 is 0.667 bits per heavy atom. The van der Waals surface area contributed by atoms with Gasteiger partial charge in [0.15, 0.2) is 0 Å². The van der Waals surface area contributed by atoms with Crippen LogP contribution in [-0.2, 0) is 0 Å². The van der Waals surface area contributed by atoms with E-state index in [1.807, 2.05) is 0 Å². The highest BCUT2D eigenvalue weighted by Gasteiger charge is 2.70. The fourth-order valence-corrected chi connectivity index (χ4v) is 4.09. The smallest absolute Gasteiger partial charge is 0.0349 e. The van der Waals surface area contributed by atoms with Crippen molar-refractivity contribution in [3.63, 3.8) is 0 Å². The fourth-order valence-electron chi connectivity index (χ4n) is 4.09. The van der Waals surface area contributed by atoms with E-state index in [9.17, 15) is 0 Å². The minimum Gasteiger partial charge on any atom is -0.0465 e. The molecule has 4 rings (SSSR count). The zero-order valence-corrected chi connectivity index (χ0v) is 5.59. The molecule has 48 valence electrons. The molecule has 0 saturated heterocycles. The van der Waals surface area contributed by atoms with E-state index in [0.717, 1.165) is 0 Å². The molecule has 0 heteroatoms. The van der Waals surface area contributed by atoms with Crippen LogP contribution in [0.1, 0.15) is 19.3 Å². The molecular weight excluding hydrogens is 108 g/mol. The van der Waals surface area contributed by atoms with E-state index in [4.69, 9.17) is 0 Å². The van der Waals surface area contributed by atoms with Crippen LogP contribution in [0.4, 0.5) is 0 Å². The molecular formula is C9H12. The quantitative estimate of drug-likeness (QED) is 0.458. The Hall–Kier alpha value is 0. The number of hydrogen-bond donors (Lipinski definition) is 0. The maximum absolute atomic E-state index is 1.66. The second-order valence-electron chi connectivity index (χ2n) is 4.69. The molecule has 4 fully saturated rings. The van der Waals surface area contributed by atoms with Crippen molar-refractivity contribution >= 4 is 0 Å². The van der Waals surface area contributed by atoms with Gasteiger partial charge in [-0.15, -0.1) is 0 Å². The molecule has 0 atom stereocenters. The zero-order valence-electron chi connectivity index (χ0n) is 5.59. The van der Waals surface area contributed by atoms with Gasteiger partial charge in [0.25, 0.3) is 0 Å². The Kier molecular flexibility index (Phi) is 0.395. The largest absolute Gasteiger partial charge is 0.0465 e. The molecule has 2 bridgehead atoms. The third-order valence-electron chi connectivity index (χ3n) is 4.53. The van der Waals surface area contributed by atoms with Crippen LogP contribution >= 0.6 is 0 Å². The maximum atomic E-state index is 1.66. The third-order valence-corrected chi connectivity index (χ3v) is 4.53. The van der Waals surface area contributed by atoms with Gasteiger partial charge in [-0.05, 0) is 54.8 Å². The third kappa shape index (κ3) is 0.281. The van der Waals surface area contributed by atoms with E-state index >= 15 is 0 Å². The lowest BCUT2D eigenvalue weighted by atomic mass is 10.0. The minimum absolute atomic E-state index is 1.25. The van der Waals surface area contributed by atoms with E-state index in [-0.39, 0.29) is 0 Å². The monoisotopic (exact) mass is 120 g/mol. The number of rotatable bonds is 0. The van der Waals surface area contributed by atoms with Crippen molar-refractivity contribution in [1.29, 1.82) is 0 Å². The van der Waals surface area contributed by atoms with Crippen molar-refractivity contribution in [2.24, 2.45) is 35.5 Å². The van der Waals surface area contributed by atoms with Crippen LogP contribution in [0.25, 0.3) is 0 Å². The van der Waals surface area contributed by atoms with E-state index in [1.165, 1.54) is 35.5 Å². The predicted octanol–water partition coefficient (Wildman–Crippen LogP) is 1.91. The van der Waals surface area contributed by atoms with E-state index < -0.39 is 0 Å². The summed E-state index contributed by atoms with van der Waals surface area (Å²) in [6, 6.07) is 0. The first-order valence-electron chi connectivity index (χ1n) is 4.45. The van der Waals surface area contributed by atoms with Crippen molar-refractivity contribution in [2.75, 3.05) is 0 Å². The van der Waals surface area contributed by atoms with Crippen molar-refractivity contribution in [1.82, 2.24) is 0 Å². The van der Waals surface area contributed by atoms with Gasteiger partial charge in [0.05, 0.1) is 0 Å². The van der Waals surface area contributed by atoms with Gasteiger partial charge in [-0.1, -0.05) is 0 Å². The molecule has 4 aliphatic rings. The summed E-state index contributed by atoms with van der Waals surface area (Å²) < 4.78 is 0. The summed E-state index contributed by atoms with van der Waals surface area (Å²) in [5, 5.41) is 0. The lowest BCUT2D eigenvalue weighted by molar-refractivity contribution is 0.434. The molecule has 0 aromatic heterocycles. The lowest BCUT2D eigenvalue weighted by Gasteiger charge is -2.04. The average Bonchev–Trinajstić information content (AvgIpc) is 2.74. The SMILES string of the molecule is C1C2[C@H]3C[C@H]3C1[C@@H]1C[C@H]21. The van der Waals surface area contributed by atoms with Gasteiger partial charge in [-0.25, -0.2) is 0 Å². The average molecular weight is 120 g/mol. The molecule has 0 unspecified atom stereocenters. The minimum atomic E-state index is 1.25. The molecule has 0 spiro atoms. The molecule has 0 nitrogen and oxygen atoms in total. The summed E-state index contributed by atoms with van der Waals surface area (Å²) in [6.07, 6.45) is 4.94. The summed E-state index contributed by atoms with van der Waals surface area (Å²) in [4.78, 5) is 0. The first kappa shape index (κ1) is 4.00. The summed E-state index contributed by atoms with van der Waals surface area (Å²) >= 11 is 0. The summed E-state index contributed by atoms with van der Waals surface area (Å²) in [6.45, 7) is 0. The predicted molar refractivity (Wildman–Crippen MR) is 34.8 cm³/mol. The number of fused-ring (bicyclic) bond motifs is 8. The highest BCUT2D eigenvalue weighted by molar-refractivity contribution is 5.19. The molecule has 4 aliphatic carbocycles. The molecule has 9 heavy (non-hydrogen) atoms. The van der Waals surface area contributed by atoms with E-state index in [2.05, 4.69) is 0 Å². The molecule has 0 amide bonds. The van der Waals surface area contributed by atoms with Gasteiger partial charge in [0.2, 0.25) is 0 Å². The summed E-state index contributed by atoms with van der Waals surface area (Å²) in [7, 11) is 0. The van der Waals surface area contributed by atoms with Crippen molar-refractivity contribution in [3.05, 3.63) is 0 Å². The molecule has 4 saturated carbocycles. The Labute approximate surface area is 55.6 Å². The topological polar surface area (TPSA) is 0 Å². The van der Waals surface area contributed by atoms with Gasteiger partial charge in [-0.3, -0.25) is 0 Å². The van der Waals surface area contributed by atoms with Gasteiger partial charge in [0.1, 0.15) is 0 Å². The first-order chi connectivity index (χ1) is 4.45. The summed E-state index contributed by atoms with van der Waals surface area (Å²) in [5.41, 5.74) is 0. The first-order valence-corrected chi connectivity index (χ1v) is 4.45. The molecule has 0 aromatic rings. The Balaban J connectivity index is 1.91. The molecule has 0 heterocycles. The highest BCUT2D eigenvalue weighted by atomic mass is 14.7. The number of hydrogen-bond acceptors (Lipinski definition) is 0. The standard InChI is InChI=1S/C9H12/c1-4-5(1)9-3-8(4)6-2-7(6)9/h4-9H,1-3H2/t4-,5+,6-,7+,8?,9?. The van der Waals surface area contributed by atoms with Gasteiger partial charge < -0.3 is 0 Å². The van der Waals surface area contributed by atoms with Crippen LogP contribution in [0.5, 0.6) is 0 Å². The zero-order chi connectivity index (χ0) is 5.59. The normalized spacial score (nSPS) is 80.0. The van der Waals surface area contributed by atoms with Crippen LogP contribution < -0.4 is 0 Å². The van der Waals surface area contributed by atoms with E-state index in [1.54, 1.807) is 19.3 Å². The van der Waals surface area contributed by atoms with Crippen LogP contribution in [-0.4, -0.2) is 0 Å². The van der Waals surface area contributed by atoms with Crippen molar-refractivity contribution in [3.8, 4) is 0 Å². The Bertz CT molecular complexity index is 148. The van der Waals surface area contributed by atoms with Crippen LogP contribution in [0.15, 0.2) is 0 Å². The highest BCUT2D eigenvalue weighted by Crippen LogP contribution is 2.77. The molecule has 0 aliphatic heterocycles. The molecule has 0 aromatic carbocycles. The molecule has 0 N–H and O–H groups in total. The second kappa shape index (κ2) is 0.889. The van der Waals surface area contributed by atoms with Crippen LogP contribution in [0.2, 0.25) is 0 Å². The molecule has 0 radical (unpaired) electrons. The van der Waals surface area contributed by atoms with Crippen molar-refractivity contribution < 1.29 is 0 Å². The van der Waals surface area contributed by atoms with Crippen LogP contribution in [0.3, 0.4) is 0 Å². The van der Waals surface area contributed by atoms with Gasteiger partial charge in [-0.2, -0.15) is 0 Å². The summed E-state index contributed by atoms with van der Waals surface area (Å²) in [5.74, 6) is 7.56. The fraction of sp³-hybridized carbons (Fsp3) is 1.00. The van der Waals surface area contributed by atoms with E-state index in [0.29, 0.717) is 0 Å². The van der Waals surface area contributed by atoms with Crippen molar-refractivity contribution in [2.45, 2.75) is 19.3 Å². The van der Waals surface area contributed by atoms with Gasteiger partial charge in [0, 0.05) is 0 Å².